The monoisotopic (exact) mass is 429 g/mol. The Morgan fingerprint density at radius 3 is 2.52 bits per heavy atom. The summed E-state index contributed by atoms with van der Waals surface area (Å²) in [5.41, 5.74) is 1.02. The Hall–Kier alpha value is -2.90. The fourth-order valence-electron chi connectivity index (χ4n) is 3.69. The van der Waals surface area contributed by atoms with Crippen molar-refractivity contribution in [3.63, 3.8) is 0 Å². The summed E-state index contributed by atoms with van der Waals surface area (Å²) in [6.07, 6.45) is 2.96. The van der Waals surface area contributed by atoms with Gasteiger partial charge in [-0.05, 0) is 25.1 Å². The van der Waals surface area contributed by atoms with Crippen LogP contribution >= 0.6 is 0 Å². The van der Waals surface area contributed by atoms with E-state index in [9.17, 15) is 9.59 Å². The third-order valence-electron chi connectivity index (χ3n) is 5.11. The molecule has 12 radical (unpaired) electrons. The molecule has 1 atom stereocenters. The molecule has 3 aromatic rings. The Balaban J connectivity index is 1.68. The molecule has 3 heterocycles. The van der Waals surface area contributed by atoms with Crippen molar-refractivity contribution in [1.82, 2.24) is 14.8 Å². The summed E-state index contributed by atoms with van der Waals surface area (Å²) in [5, 5.41) is -3.97. The smallest absolute Gasteiger partial charge is 0.294 e. The zero-order valence-electron chi connectivity index (χ0n) is 17.7. The molecule has 0 saturated carbocycles. The molecule has 4 rings (SSSR count). The average Bonchev–Trinajstić information content (AvgIpc) is 3.32. The molecule has 2 amide bonds. The van der Waals surface area contributed by atoms with E-state index in [2.05, 4.69) is 4.98 Å². The van der Waals surface area contributed by atoms with Gasteiger partial charge in [0.05, 0.1) is 64.7 Å². The summed E-state index contributed by atoms with van der Waals surface area (Å²) in [6, 6.07) is 4.62. The van der Waals surface area contributed by atoms with Gasteiger partial charge in [-0.1, -0.05) is 10.5 Å². The molecule has 0 N–H and O–H groups in total. The molecule has 33 heavy (non-hydrogen) atoms. The number of oxazole rings is 1. The normalized spacial score (nSPS) is 16.8. The Labute approximate surface area is 198 Å². The van der Waals surface area contributed by atoms with E-state index in [4.69, 9.17) is 60.6 Å². The Morgan fingerprint density at radius 2 is 1.91 bits per heavy atom. The van der Waals surface area contributed by atoms with Crippen molar-refractivity contribution in [1.29, 1.82) is 0 Å². The van der Waals surface area contributed by atoms with Crippen LogP contribution in [0.1, 0.15) is 17.5 Å². The SMILES string of the molecule is [B]C([B])([B])N(C(=O)CN1C(=O)c2oc3cc(-c4ncco4)ccc3c2OCC1C)C([B])([B])[B]. The van der Waals surface area contributed by atoms with Crippen molar-refractivity contribution < 1.29 is 23.2 Å². The first-order chi connectivity index (χ1) is 15.4. The lowest BCUT2D eigenvalue weighted by molar-refractivity contribution is -0.133. The van der Waals surface area contributed by atoms with Crippen LogP contribution in [-0.2, 0) is 4.79 Å². The van der Waals surface area contributed by atoms with Gasteiger partial charge in [0.2, 0.25) is 17.6 Å². The second-order valence-corrected chi connectivity index (χ2v) is 7.91. The van der Waals surface area contributed by atoms with Crippen LogP contribution in [0.2, 0.25) is 0 Å². The minimum Gasteiger partial charge on any atom is -0.487 e. The number of benzene rings is 1. The van der Waals surface area contributed by atoms with Gasteiger partial charge in [0.1, 0.15) is 25.0 Å². The van der Waals surface area contributed by atoms with Gasteiger partial charge in [-0.25, -0.2) is 4.98 Å². The van der Waals surface area contributed by atoms with Crippen molar-refractivity contribution in [3.05, 3.63) is 36.4 Å². The predicted octanol–water partition coefficient (Wildman–Crippen LogP) is -0.627. The quantitative estimate of drug-likeness (QED) is 0.504. The highest BCUT2D eigenvalue weighted by Crippen LogP contribution is 2.38. The van der Waals surface area contributed by atoms with Crippen LogP contribution in [0.5, 0.6) is 5.75 Å². The van der Waals surface area contributed by atoms with Crippen molar-refractivity contribution >= 4 is 69.9 Å². The van der Waals surface area contributed by atoms with Crippen molar-refractivity contribution in [2.75, 3.05) is 13.2 Å². The number of amides is 2. The Morgan fingerprint density at radius 1 is 1.21 bits per heavy atom. The molecule has 1 aliphatic heterocycles. The van der Waals surface area contributed by atoms with Gasteiger partial charge in [-0.15, -0.1) is 0 Å². The molecule has 1 aromatic carbocycles. The molecule has 1 aliphatic rings. The van der Waals surface area contributed by atoms with Crippen LogP contribution in [-0.4, -0.2) is 103 Å². The minimum absolute atomic E-state index is 0.0696. The average molecular weight is 428 g/mol. The third-order valence-corrected chi connectivity index (χ3v) is 5.11. The number of nitrogens with zero attached hydrogens (tertiary/aromatic N) is 3. The van der Waals surface area contributed by atoms with Crippen LogP contribution in [0.25, 0.3) is 22.4 Å². The summed E-state index contributed by atoms with van der Waals surface area (Å²) in [4.78, 5) is 32.1. The van der Waals surface area contributed by atoms with Crippen molar-refractivity contribution in [2.45, 2.75) is 23.4 Å². The zero-order chi connectivity index (χ0) is 24.1. The molecule has 8 nitrogen and oxygen atoms in total. The molecule has 0 bridgehead atoms. The van der Waals surface area contributed by atoms with Gasteiger partial charge in [0, 0.05) is 5.56 Å². The molecule has 0 aliphatic carbocycles. The van der Waals surface area contributed by atoms with Gasteiger partial charge in [0.25, 0.3) is 5.91 Å². The maximum Gasteiger partial charge on any atom is 0.294 e. The van der Waals surface area contributed by atoms with Gasteiger partial charge < -0.3 is 23.4 Å². The highest BCUT2D eigenvalue weighted by molar-refractivity contribution is 6.64. The number of furan rings is 1. The molecule has 0 spiro atoms. The molecular weight excluding hydrogens is 415 g/mol. The van der Waals surface area contributed by atoms with E-state index in [-0.39, 0.29) is 18.1 Å². The Kier molecular flexibility index (Phi) is 5.74. The summed E-state index contributed by atoms with van der Waals surface area (Å²) in [6.45, 7) is 1.22. The van der Waals surface area contributed by atoms with Crippen LogP contribution in [0.4, 0.5) is 0 Å². The number of carbonyl (C=O) groups excluding carboxylic acids is 2. The van der Waals surface area contributed by atoms with Gasteiger partial charge in [0.15, 0.2) is 5.75 Å². The maximum atomic E-state index is 13.4. The molecule has 1 unspecified atom stereocenters. The molecule has 152 valence electrons. The highest BCUT2D eigenvalue weighted by atomic mass is 16.5. The molecular formula is C19H13B6N3O5. The van der Waals surface area contributed by atoms with E-state index in [1.54, 1.807) is 25.1 Å². The van der Waals surface area contributed by atoms with Gasteiger partial charge in [-0.3, -0.25) is 9.59 Å². The zero-order valence-corrected chi connectivity index (χ0v) is 17.7. The van der Waals surface area contributed by atoms with Gasteiger partial charge >= 0.3 is 0 Å². The highest BCUT2D eigenvalue weighted by Gasteiger charge is 2.38. The topological polar surface area (TPSA) is 89.0 Å². The summed E-state index contributed by atoms with van der Waals surface area (Å²) in [5.74, 6) is -0.924. The third kappa shape index (κ3) is 4.35. The largest absolute Gasteiger partial charge is 0.487 e. The number of carbonyl (C=O) groups is 2. The number of rotatable bonds is 5. The molecule has 2 aromatic heterocycles. The van der Waals surface area contributed by atoms with E-state index in [1.165, 1.54) is 17.4 Å². The first kappa shape index (κ1) is 23.3. The molecule has 0 fully saturated rings. The summed E-state index contributed by atoms with van der Waals surface area (Å²) < 4.78 is 17.0. The predicted molar refractivity (Wildman–Crippen MR) is 125 cm³/mol. The molecule has 14 heteroatoms. The van der Waals surface area contributed by atoms with Crippen LogP contribution in [0, 0.1) is 0 Å². The van der Waals surface area contributed by atoms with E-state index >= 15 is 0 Å². The second kappa shape index (κ2) is 8.15. The number of hydrogen-bond acceptors (Lipinski definition) is 6. The number of fused-ring (bicyclic) bond motifs is 3. The van der Waals surface area contributed by atoms with Crippen molar-refractivity contribution in [3.8, 4) is 17.2 Å². The summed E-state index contributed by atoms with van der Waals surface area (Å²) in [7, 11) is 33.7. The first-order valence-electron chi connectivity index (χ1n) is 9.84. The van der Waals surface area contributed by atoms with E-state index < -0.39 is 34.9 Å². The minimum atomic E-state index is -2.27. The lowest BCUT2D eigenvalue weighted by Gasteiger charge is -2.49. The Bertz CT molecular complexity index is 1190. The lowest BCUT2D eigenvalue weighted by atomic mass is 9.40. The first-order valence-corrected chi connectivity index (χ1v) is 9.84. The standard InChI is InChI=1S/C19H13B6N3O5/c1-9-8-32-14-11-3-2-10(16-26-4-5-31-16)6-12(11)33-15(14)17(30)27(9)7-13(29)28(18(20,21)22)19(23,24)25/h2-6,9H,7-8H2,1H3. The summed E-state index contributed by atoms with van der Waals surface area (Å²) >= 11 is 0. The van der Waals surface area contributed by atoms with Gasteiger partial charge in [-0.2, -0.15) is 0 Å². The lowest BCUT2D eigenvalue weighted by Crippen LogP contribution is -2.67. The van der Waals surface area contributed by atoms with E-state index in [1.807, 2.05) is 0 Å². The van der Waals surface area contributed by atoms with E-state index in [0.717, 1.165) is 0 Å². The van der Waals surface area contributed by atoms with Crippen LogP contribution < -0.4 is 4.74 Å². The number of hydrogen-bond donors (Lipinski definition) is 0. The second-order valence-electron chi connectivity index (χ2n) is 7.91. The number of aromatic nitrogens is 1. The van der Waals surface area contributed by atoms with Crippen molar-refractivity contribution in [2.24, 2.45) is 0 Å². The fraction of sp³-hybridized carbons (Fsp3) is 0.316. The number of ether oxygens (including phenoxy) is 1. The maximum absolute atomic E-state index is 13.4. The molecule has 0 saturated heterocycles. The van der Waals surface area contributed by atoms with Crippen LogP contribution in [0.15, 0.2) is 39.5 Å². The van der Waals surface area contributed by atoms with Crippen LogP contribution in [0.3, 0.4) is 0 Å². The van der Waals surface area contributed by atoms with E-state index in [0.29, 0.717) is 27.3 Å². The fourth-order valence-corrected chi connectivity index (χ4v) is 3.69.